The number of carbonyl (C=O) groups is 1. The average molecular weight is 429 g/mol. The number of carbonyl (C=O) groups excluding carboxylic acids is 1. The molecule has 0 spiro atoms. The molecule has 1 amide bonds. The quantitative estimate of drug-likeness (QED) is 0.417. The SMILES string of the molecule is CCSc1nc(NC(C)C)c2cnn(CCNC(=O)c3ccc4c(c3)OCO4)c2n1. The van der Waals surface area contributed by atoms with Crippen LogP contribution in [0.1, 0.15) is 31.1 Å². The topological polar surface area (TPSA) is 103 Å². The van der Waals surface area contributed by atoms with Gasteiger partial charge in [-0.15, -0.1) is 0 Å². The smallest absolute Gasteiger partial charge is 0.251 e. The Balaban J connectivity index is 1.47. The first kappa shape index (κ1) is 20.3. The standard InChI is InChI=1S/C20H24N6O3S/c1-4-30-20-24-17(23-12(2)3)14-10-22-26(18(14)25-20)8-7-21-19(27)13-5-6-15-16(9-13)29-11-28-15/h5-6,9-10,12H,4,7-8,11H2,1-3H3,(H,21,27)(H,23,24,25). The van der Waals surface area contributed by atoms with Crippen LogP contribution < -0.4 is 20.1 Å². The summed E-state index contributed by atoms with van der Waals surface area (Å²) in [4.78, 5) is 21.7. The summed E-state index contributed by atoms with van der Waals surface area (Å²) in [5.41, 5.74) is 1.28. The maximum absolute atomic E-state index is 12.5. The van der Waals surface area contributed by atoms with Gasteiger partial charge >= 0.3 is 0 Å². The van der Waals surface area contributed by atoms with Gasteiger partial charge in [0.05, 0.1) is 18.1 Å². The molecule has 9 nitrogen and oxygen atoms in total. The molecule has 0 radical (unpaired) electrons. The molecule has 158 valence electrons. The third-order valence-electron chi connectivity index (χ3n) is 4.42. The van der Waals surface area contributed by atoms with Gasteiger partial charge in [0.25, 0.3) is 5.91 Å². The van der Waals surface area contributed by atoms with Gasteiger partial charge in [0.1, 0.15) is 5.82 Å². The van der Waals surface area contributed by atoms with Gasteiger partial charge in [-0.1, -0.05) is 18.7 Å². The summed E-state index contributed by atoms with van der Waals surface area (Å²) < 4.78 is 12.4. The lowest BCUT2D eigenvalue weighted by molar-refractivity contribution is 0.0951. The fourth-order valence-corrected chi connectivity index (χ4v) is 3.66. The summed E-state index contributed by atoms with van der Waals surface area (Å²) in [6, 6.07) is 5.39. The Morgan fingerprint density at radius 1 is 1.27 bits per heavy atom. The Bertz CT molecular complexity index is 1070. The molecule has 0 unspecified atom stereocenters. The Morgan fingerprint density at radius 3 is 2.90 bits per heavy atom. The van der Waals surface area contributed by atoms with E-state index in [0.717, 1.165) is 22.6 Å². The van der Waals surface area contributed by atoms with Gasteiger partial charge < -0.3 is 20.1 Å². The normalized spacial score (nSPS) is 12.5. The van der Waals surface area contributed by atoms with Crippen molar-refractivity contribution in [1.29, 1.82) is 0 Å². The van der Waals surface area contributed by atoms with Crippen LogP contribution in [0.15, 0.2) is 29.6 Å². The Kier molecular flexibility index (Phi) is 5.93. The van der Waals surface area contributed by atoms with Crippen LogP contribution in [0, 0.1) is 0 Å². The molecule has 0 aliphatic carbocycles. The van der Waals surface area contributed by atoms with Gasteiger partial charge in [0, 0.05) is 18.2 Å². The van der Waals surface area contributed by atoms with Crippen LogP contribution in [0.4, 0.5) is 5.82 Å². The summed E-state index contributed by atoms with van der Waals surface area (Å²) in [5.74, 6) is 2.72. The van der Waals surface area contributed by atoms with E-state index in [1.54, 1.807) is 40.8 Å². The molecule has 0 bridgehead atoms. The highest BCUT2D eigenvalue weighted by atomic mass is 32.2. The minimum absolute atomic E-state index is 0.177. The minimum atomic E-state index is -0.177. The number of anilines is 1. The lowest BCUT2D eigenvalue weighted by atomic mass is 10.2. The molecule has 0 fully saturated rings. The number of fused-ring (bicyclic) bond motifs is 2. The van der Waals surface area contributed by atoms with E-state index >= 15 is 0 Å². The molecule has 2 aromatic heterocycles. The molecular weight excluding hydrogens is 404 g/mol. The molecule has 0 saturated carbocycles. The molecule has 3 heterocycles. The number of benzene rings is 1. The second-order valence-corrected chi connectivity index (χ2v) is 8.25. The number of rotatable bonds is 8. The van der Waals surface area contributed by atoms with Crippen LogP contribution in [-0.2, 0) is 6.54 Å². The molecule has 0 saturated heterocycles. The zero-order valence-corrected chi connectivity index (χ0v) is 18.0. The number of thioether (sulfide) groups is 1. The zero-order valence-electron chi connectivity index (χ0n) is 17.1. The van der Waals surface area contributed by atoms with Crippen molar-refractivity contribution < 1.29 is 14.3 Å². The van der Waals surface area contributed by atoms with Crippen molar-refractivity contribution in [2.75, 3.05) is 24.4 Å². The summed E-state index contributed by atoms with van der Waals surface area (Å²) in [6.45, 7) is 7.29. The summed E-state index contributed by atoms with van der Waals surface area (Å²) in [7, 11) is 0. The first-order valence-corrected chi connectivity index (χ1v) is 10.8. The van der Waals surface area contributed by atoms with Crippen molar-refractivity contribution in [3.8, 4) is 11.5 Å². The number of ether oxygens (including phenoxy) is 2. The Morgan fingerprint density at radius 2 is 2.10 bits per heavy atom. The van der Waals surface area contributed by atoms with Crippen LogP contribution in [0.5, 0.6) is 11.5 Å². The maximum atomic E-state index is 12.5. The highest BCUT2D eigenvalue weighted by Crippen LogP contribution is 2.32. The lowest BCUT2D eigenvalue weighted by Crippen LogP contribution is -2.27. The number of amides is 1. The largest absolute Gasteiger partial charge is 0.454 e. The number of hydrogen-bond acceptors (Lipinski definition) is 8. The second kappa shape index (κ2) is 8.78. The molecule has 30 heavy (non-hydrogen) atoms. The zero-order chi connectivity index (χ0) is 21.1. The molecular formula is C20H24N6O3S. The van der Waals surface area contributed by atoms with Gasteiger partial charge in [0.15, 0.2) is 22.3 Å². The average Bonchev–Trinajstić information content (AvgIpc) is 3.34. The first-order valence-electron chi connectivity index (χ1n) is 9.86. The van der Waals surface area contributed by atoms with Crippen LogP contribution in [-0.4, -0.2) is 50.8 Å². The maximum Gasteiger partial charge on any atom is 0.251 e. The monoisotopic (exact) mass is 428 g/mol. The first-order chi connectivity index (χ1) is 14.5. The molecule has 1 aliphatic heterocycles. The Labute approximate surface area is 178 Å². The van der Waals surface area contributed by atoms with Crippen molar-refractivity contribution >= 4 is 34.5 Å². The molecule has 0 atom stereocenters. The molecule has 2 N–H and O–H groups in total. The van der Waals surface area contributed by atoms with E-state index < -0.39 is 0 Å². The number of hydrogen-bond donors (Lipinski definition) is 2. The van der Waals surface area contributed by atoms with E-state index in [4.69, 9.17) is 9.47 Å². The van der Waals surface area contributed by atoms with E-state index in [-0.39, 0.29) is 18.7 Å². The predicted molar refractivity (Wildman–Crippen MR) is 115 cm³/mol. The van der Waals surface area contributed by atoms with Crippen molar-refractivity contribution in [3.63, 3.8) is 0 Å². The van der Waals surface area contributed by atoms with E-state index in [1.165, 1.54) is 0 Å². The van der Waals surface area contributed by atoms with Crippen LogP contribution in [0.25, 0.3) is 11.0 Å². The van der Waals surface area contributed by atoms with Crippen molar-refractivity contribution in [1.82, 2.24) is 25.1 Å². The predicted octanol–water partition coefficient (Wildman–Crippen LogP) is 2.92. The summed E-state index contributed by atoms with van der Waals surface area (Å²) in [6.07, 6.45) is 1.76. The van der Waals surface area contributed by atoms with Gasteiger partial charge in [-0.05, 0) is 37.8 Å². The molecule has 1 aliphatic rings. The van der Waals surface area contributed by atoms with E-state index in [2.05, 4.69) is 46.5 Å². The molecule has 10 heteroatoms. The van der Waals surface area contributed by atoms with Crippen LogP contribution >= 0.6 is 11.8 Å². The third kappa shape index (κ3) is 4.28. The van der Waals surface area contributed by atoms with E-state index in [1.807, 2.05) is 0 Å². The summed E-state index contributed by atoms with van der Waals surface area (Å²) in [5, 5.41) is 12.3. The van der Waals surface area contributed by atoms with Gasteiger partial charge in [0.2, 0.25) is 6.79 Å². The van der Waals surface area contributed by atoms with Gasteiger partial charge in [-0.3, -0.25) is 4.79 Å². The van der Waals surface area contributed by atoms with Crippen molar-refractivity contribution in [3.05, 3.63) is 30.0 Å². The van der Waals surface area contributed by atoms with Gasteiger partial charge in [-0.2, -0.15) is 5.10 Å². The highest BCUT2D eigenvalue weighted by Gasteiger charge is 2.17. The minimum Gasteiger partial charge on any atom is -0.454 e. The summed E-state index contributed by atoms with van der Waals surface area (Å²) >= 11 is 1.58. The number of aromatic nitrogens is 4. The van der Waals surface area contributed by atoms with Crippen molar-refractivity contribution in [2.24, 2.45) is 0 Å². The number of nitrogens with zero attached hydrogens (tertiary/aromatic N) is 4. The second-order valence-electron chi connectivity index (χ2n) is 7.02. The van der Waals surface area contributed by atoms with E-state index in [0.29, 0.717) is 35.3 Å². The number of nitrogens with one attached hydrogen (secondary N) is 2. The lowest BCUT2D eigenvalue weighted by Gasteiger charge is -2.12. The van der Waals surface area contributed by atoms with Gasteiger partial charge in [-0.25, -0.2) is 14.6 Å². The fraction of sp³-hybridized carbons (Fsp3) is 0.400. The van der Waals surface area contributed by atoms with Crippen LogP contribution in [0.2, 0.25) is 0 Å². The fourth-order valence-electron chi connectivity index (χ4n) is 3.09. The van der Waals surface area contributed by atoms with Crippen molar-refractivity contribution in [2.45, 2.75) is 38.5 Å². The van der Waals surface area contributed by atoms with Crippen LogP contribution in [0.3, 0.4) is 0 Å². The molecule has 1 aromatic carbocycles. The third-order valence-corrected chi connectivity index (χ3v) is 5.15. The molecule has 3 aromatic rings. The van der Waals surface area contributed by atoms with E-state index in [9.17, 15) is 4.79 Å². The molecule has 4 rings (SSSR count). The highest BCUT2D eigenvalue weighted by molar-refractivity contribution is 7.99. The Hall–Kier alpha value is -3.01.